The molecule has 88 valence electrons. The number of carbonyl (C=O) groups excluding carboxylic acids is 1. The summed E-state index contributed by atoms with van der Waals surface area (Å²) in [6.07, 6.45) is 2.32. The van der Waals surface area contributed by atoms with Crippen LogP contribution in [-0.4, -0.2) is 28.6 Å². The van der Waals surface area contributed by atoms with Crippen LogP contribution >= 0.6 is 0 Å². The van der Waals surface area contributed by atoms with Gasteiger partial charge in [0, 0.05) is 6.54 Å². The van der Waals surface area contributed by atoms with E-state index in [2.05, 4.69) is 10.3 Å². The third kappa shape index (κ3) is 3.86. The zero-order valence-corrected chi connectivity index (χ0v) is 9.31. The molecule has 0 aromatic carbocycles. The average Bonchev–Trinajstić information content (AvgIpc) is 2.29. The SMILES string of the molecule is CCC(O)CCNC(=O)c1ccc(N)cn1. The molecule has 0 saturated heterocycles. The minimum absolute atomic E-state index is 0.247. The van der Waals surface area contributed by atoms with Gasteiger partial charge in [0.25, 0.3) is 5.91 Å². The summed E-state index contributed by atoms with van der Waals surface area (Å²) in [5.74, 6) is -0.247. The van der Waals surface area contributed by atoms with E-state index in [1.807, 2.05) is 6.92 Å². The first-order valence-electron chi connectivity index (χ1n) is 5.31. The van der Waals surface area contributed by atoms with Gasteiger partial charge in [-0.3, -0.25) is 4.79 Å². The fraction of sp³-hybridized carbons (Fsp3) is 0.455. The fourth-order valence-corrected chi connectivity index (χ4v) is 1.19. The Morgan fingerprint density at radius 1 is 1.62 bits per heavy atom. The molecule has 0 spiro atoms. The number of aliphatic hydroxyl groups is 1. The van der Waals surface area contributed by atoms with Crippen molar-refractivity contribution in [1.82, 2.24) is 10.3 Å². The molecule has 0 aliphatic heterocycles. The van der Waals surface area contributed by atoms with Crippen molar-refractivity contribution in [2.75, 3.05) is 12.3 Å². The zero-order chi connectivity index (χ0) is 12.0. The second kappa shape index (κ2) is 6.07. The number of hydrogen-bond acceptors (Lipinski definition) is 4. The van der Waals surface area contributed by atoms with Crippen LogP contribution in [0.3, 0.4) is 0 Å². The van der Waals surface area contributed by atoms with Gasteiger partial charge in [0.05, 0.1) is 18.0 Å². The van der Waals surface area contributed by atoms with Gasteiger partial charge in [0.1, 0.15) is 5.69 Å². The lowest BCUT2D eigenvalue weighted by Gasteiger charge is -2.08. The Morgan fingerprint density at radius 2 is 2.38 bits per heavy atom. The monoisotopic (exact) mass is 223 g/mol. The van der Waals surface area contributed by atoms with E-state index in [-0.39, 0.29) is 12.0 Å². The number of anilines is 1. The molecule has 1 aromatic rings. The van der Waals surface area contributed by atoms with Crippen molar-refractivity contribution < 1.29 is 9.90 Å². The van der Waals surface area contributed by atoms with Gasteiger partial charge in [-0.15, -0.1) is 0 Å². The number of pyridine rings is 1. The minimum Gasteiger partial charge on any atom is -0.397 e. The predicted molar refractivity (Wildman–Crippen MR) is 61.9 cm³/mol. The van der Waals surface area contributed by atoms with Crippen LogP contribution in [0.2, 0.25) is 0 Å². The molecule has 1 rings (SSSR count). The van der Waals surface area contributed by atoms with Gasteiger partial charge in [-0.25, -0.2) is 4.98 Å². The van der Waals surface area contributed by atoms with Crippen molar-refractivity contribution in [3.63, 3.8) is 0 Å². The molecule has 0 fully saturated rings. The molecule has 1 unspecified atom stereocenters. The van der Waals surface area contributed by atoms with E-state index in [0.717, 1.165) is 0 Å². The van der Waals surface area contributed by atoms with E-state index >= 15 is 0 Å². The fourth-order valence-electron chi connectivity index (χ4n) is 1.19. The second-order valence-corrected chi connectivity index (χ2v) is 3.58. The van der Waals surface area contributed by atoms with Crippen molar-refractivity contribution in [1.29, 1.82) is 0 Å². The number of carbonyl (C=O) groups is 1. The Morgan fingerprint density at radius 3 is 2.94 bits per heavy atom. The first-order valence-corrected chi connectivity index (χ1v) is 5.31. The number of nitrogens with two attached hydrogens (primary N) is 1. The van der Waals surface area contributed by atoms with Gasteiger partial charge in [0.15, 0.2) is 0 Å². The second-order valence-electron chi connectivity index (χ2n) is 3.58. The van der Waals surface area contributed by atoms with Crippen LogP contribution in [0, 0.1) is 0 Å². The summed E-state index contributed by atoms with van der Waals surface area (Å²) in [4.78, 5) is 15.4. The predicted octanol–water partition coefficient (Wildman–Crippen LogP) is 0.555. The van der Waals surface area contributed by atoms with Crippen molar-refractivity contribution in [2.24, 2.45) is 0 Å². The third-order valence-corrected chi connectivity index (χ3v) is 2.25. The molecule has 0 aliphatic carbocycles. The lowest BCUT2D eigenvalue weighted by Crippen LogP contribution is -2.27. The number of amides is 1. The van der Waals surface area contributed by atoms with Crippen LogP contribution in [0.5, 0.6) is 0 Å². The van der Waals surface area contributed by atoms with Crippen molar-refractivity contribution in [3.8, 4) is 0 Å². The standard InChI is InChI=1S/C11H17N3O2/c1-2-9(15)5-6-13-11(16)10-4-3-8(12)7-14-10/h3-4,7,9,15H,2,5-6,12H2,1H3,(H,13,16). The maximum Gasteiger partial charge on any atom is 0.269 e. The molecule has 0 saturated carbocycles. The summed E-state index contributed by atoms with van der Waals surface area (Å²) in [6.45, 7) is 2.34. The van der Waals surface area contributed by atoms with E-state index < -0.39 is 0 Å². The maximum absolute atomic E-state index is 11.5. The number of hydrogen-bond donors (Lipinski definition) is 3. The Hall–Kier alpha value is -1.62. The molecule has 16 heavy (non-hydrogen) atoms. The van der Waals surface area contributed by atoms with E-state index in [1.54, 1.807) is 12.1 Å². The summed E-state index contributed by atoms with van der Waals surface area (Å²) >= 11 is 0. The summed E-state index contributed by atoms with van der Waals surface area (Å²) in [5.41, 5.74) is 6.32. The van der Waals surface area contributed by atoms with Gasteiger partial charge < -0.3 is 16.2 Å². The van der Waals surface area contributed by atoms with Gasteiger partial charge >= 0.3 is 0 Å². The molecule has 1 heterocycles. The molecule has 0 radical (unpaired) electrons. The van der Waals surface area contributed by atoms with Gasteiger partial charge in [-0.2, -0.15) is 0 Å². The van der Waals surface area contributed by atoms with Gasteiger partial charge in [0.2, 0.25) is 0 Å². The van der Waals surface area contributed by atoms with E-state index in [4.69, 9.17) is 5.73 Å². The average molecular weight is 223 g/mol. The number of nitrogen functional groups attached to an aromatic ring is 1. The van der Waals surface area contributed by atoms with Crippen molar-refractivity contribution in [2.45, 2.75) is 25.9 Å². The lowest BCUT2D eigenvalue weighted by atomic mass is 10.2. The molecule has 4 N–H and O–H groups in total. The smallest absolute Gasteiger partial charge is 0.269 e. The van der Waals surface area contributed by atoms with Gasteiger partial charge in [-0.1, -0.05) is 6.92 Å². The molecular formula is C11H17N3O2. The van der Waals surface area contributed by atoms with Crippen LogP contribution < -0.4 is 11.1 Å². The number of rotatable bonds is 5. The summed E-state index contributed by atoms with van der Waals surface area (Å²) in [5, 5.41) is 12.0. The normalized spacial score (nSPS) is 12.1. The van der Waals surface area contributed by atoms with Gasteiger partial charge in [-0.05, 0) is 25.0 Å². The summed E-state index contributed by atoms with van der Waals surface area (Å²) < 4.78 is 0. The molecule has 5 heteroatoms. The molecule has 1 amide bonds. The van der Waals surface area contributed by atoms with E-state index in [0.29, 0.717) is 30.8 Å². The highest BCUT2D eigenvalue weighted by molar-refractivity contribution is 5.92. The first kappa shape index (κ1) is 12.4. The number of aliphatic hydroxyl groups excluding tert-OH is 1. The Labute approximate surface area is 94.7 Å². The largest absolute Gasteiger partial charge is 0.397 e. The van der Waals surface area contributed by atoms with Crippen LogP contribution in [0.1, 0.15) is 30.3 Å². The van der Waals surface area contributed by atoms with Crippen LogP contribution in [0.4, 0.5) is 5.69 Å². The van der Waals surface area contributed by atoms with E-state index in [1.165, 1.54) is 6.20 Å². The third-order valence-electron chi connectivity index (χ3n) is 2.25. The quantitative estimate of drug-likeness (QED) is 0.680. The van der Waals surface area contributed by atoms with Crippen molar-refractivity contribution >= 4 is 11.6 Å². The topological polar surface area (TPSA) is 88.2 Å². The Kier molecular flexibility index (Phi) is 4.72. The zero-order valence-electron chi connectivity index (χ0n) is 9.31. The molecule has 1 atom stereocenters. The molecule has 0 aliphatic rings. The maximum atomic E-state index is 11.5. The Bertz CT molecular complexity index is 338. The van der Waals surface area contributed by atoms with Crippen LogP contribution in [0.15, 0.2) is 18.3 Å². The highest BCUT2D eigenvalue weighted by atomic mass is 16.3. The molecular weight excluding hydrogens is 206 g/mol. The van der Waals surface area contributed by atoms with Crippen molar-refractivity contribution in [3.05, 3.63) is 24.0 Å². The highest BCUT2D eigenvalue weighted by Gasteiger charge is 2.07. The molecule has 1 aromatic heterocycles. The molecule has 5 nitrogen and oxygen atoms in total. The summed E-state index contributed by atoms with van der Waals surface area (Å²) in [7, 11) is 0. The molecule has 0 bridgehead atoms. The number of nitrogens with one attached hydrogen (secondary N) is 1. The lowest BCUT2D eigenvalue weighted by molar-refractivity contribution is 0.0937. The first-order chi connectivity index (χ1) is 7.63. The Balaban J connectivity index is 2.38. The van der Waals surface area contributed by atoms with Crippen LogP contribution in [-0.2, 0) is 0 Å². The number of nitrogens with zero attached hydrogens (tertiary/aromatic N) is 1. The number of aromatic nitrogens is 1. The summed E-state index contributed by atoms with van der Waals surface area (Å²) in [6, 6.07) is 3.20. The van der Waals surface area contributed by atoms with E-state index in [9.17, 15) is 9.90 Å². The highest BCUT2D eigenvalue weighted by Crippen LogP contribution is 2.01. The van der Waals surface area contributed by atoms with Crippen LogP contribution in [0.25, 0.3) is 0 Å². The minimum atomic E-state index is -0.361.